The maximum absolute atomic E-state index is 11.5. The Morgan fingerprint density at radius 1 is 1.40 bits per heavy atom. The summed E-state index contributed by atoms with van der Waals surface area (Å²) in [5.74, 6) is 0.109. The summed E-state index contributed by atoms with van der Waals surface area (Å²) in [6.07, 6.45) is 8.73. The van der Waals surface area contributed by atoms with Crippen molar-refractivity contribution in [1.82, 2.24) is 5.32 Å². The molecule has 1 saturated carbocycles. The summed E-state index contributed by atoms with van der Waals surface area (Å²) in [5, 5.41) is 3.03. The van der Waals surface area contributed by atoms with Crippen LogP contribution in [-0.2, 0) is 4.79 Å². The van der Waals surface area contributed by atoms with E-state index in [1.807, 2.05) is 0 Å². The van der Waals surface area contributed by atoms with Crippen molar-refractivity contribution in [2.75, 3.05) is 0 Å². The lowest BCUT2D eigenvalue weighted by atomic mass is 10.0. The van der Waals surface area contributed by atoms with E-state index in [1.54, 1.807) is 6.08 Å². The van der Waals surface area contributed by atoms with Crippen molar-refractivity contribution in [2.24, 2.45) is 5.73 Å². The van der Waals surface area contributed by atoms with Crippen LogP contribution in [0.25, 0.3) is 0 Å². The first-order valence-electron chi connectivity index (χ1n) is 5.90. The Labute approximate surface area is 92.1 Å². The number of nitrogens with one attached hydrogen (secondary N) is 1. The van der Waals surface area contributed by atoms with Crippen LogP contribution in [0.5, 0.6) is 0 Å². The highest BCUT2D eigenvalue weighted by atomic mass is 16.1. The van der Waals surface area contributed by atoms with Crippen LogP contribution in [0.1, 0.15) is 44.9 Å². The molecule has 0 spiro atoms. The van der Waals surface area contributed by atoms with E-state index in [0.717, 1.165) is 19.3 Å². The second-order valence-electron chi connectivity index (χ2n) is 4.30. The number of hydrogen-bond acceptors (Lipinski definition) is 2. The summed E-state index contributed by atoms with van der Waals surface area (Å²) < 4.78 is 0. The average Bonchev–Trinajstić information content (AvgIpc) is 2.42. The first-order chi connectivity index (χ1) is 7.24. The zero-order valence-electron chi connectivity index (χ0n) is 9.37. The number of carbonyl (C=O) groups excluding carboxylic acids is 1. The minimum atomic E-state index is 0.109. The number of hydrogen-bond donors (Lipinski definition) is 2. The van der Waals surface area contributed by atoms with Crippen LogP contribution in [0, 0.1) is 0 Å². The van der Waals surface area contributed by atoms with Crippen LogP contribution in [0.15, 0.2) is 12.7 Å². The van der Waals surface area contributed by atoms with Gasteiger partial charge in [0.25, 0.3) is 0 Å². The van der Waals surface area contributed by atoms with E-state index in [0.29, 0.717) is 6.42 Å². The first kappa shape index (κ1) is 12.2. The summed E-state index contributed by atoms with van der Waals surface area (Å²) in [5.41, 5.74) is 6.02. The zero-order chi connectivity index (χ0) is 11.1. The molecule has 0 saturated heterocycles. The summed E-state index contributed by atoms with van der Waals surface area (Å²) in [6, 6.07) is 0.324. The van der Waals surface area contributed by atoms with Gasteiger partial charge in [0.2, 0.25) is 5.91 Å². The number of rotatable bonds is 4. The van der Waals surface area contributed by atoms with Crippen LogP contribution in [0.3, 0.4) is 0 Å². The molecule has 3 N–H and O–H groups in total. The first-order valence-corrected chi connectivity index (χ1v) is 5.90. The summed E-state index contributed by atoms with van der Waals surface area (Å²) >= 11 is 0. The molecule has 1 amide bonds. The second-order valence-corrected chi connectivity index (χ2v) is 4.30. The molecule has 1 rings (SSSR count). The van der Waals surface area contributed by atoms with Gasteiger partial charge in [-0.05, 0) is 19.3 Å². The number of amides is 1. The average molecular weight is 210 g/mol. The van der Waals surface area contributed by atoms with Gasteiger partial charge in [-0.1, -0.05) is 25.3 Å². The largest absolute Gasteiger partial charge is 0.352 e. The summed E-state index contributed by atoms with van der Waals surface area (Å²) in [4.78, 5) is 11.5. The van der Waals surface area contributed by atoms with Gasteiger partial charge < -0.3 is 11.1 Å². The highest BCUT2D eigenvalue weighted by Crippen LogP contribution is 2.16. The minimum absolute atomic E-state index is 0.109. The van der Waals surface area contributed by atoms with Crippen LogP contribution in [0.2, 0.25) is 0 Å². The predicted molar refractivity (Wildman–Crippen MR) is 62.4 cm³/mol. The number of nitrogens with two attached hydrogens (primary N) is 1. The predicted octanol–water partition coefficient (Wildman–Crippen LogP) is 1.73. The van der Waals surface area contributed by atoms with Crippen molar-refractivity contribution >= 4 is 5.91 Å². The van der Waals surface area contributed by atoms with E-state index < -0.39 is 0 Å². The van der Waals surface area contributed by atoms with Gasteiger partial charge in [0.15, 0.2) is 0 Å². The molecule has 0 aromatic rings. The lowest BCUT2D eigenvalue weighted by molar-refractivity contribution is -0.121. The van der Waals surface area contributed by atoms with Crippen LogP contribution >= 0.6 is 0 Å². The van der Waals surface area contributed by atoms with Crippen molar-refractivity contribution in [1.29, 1.82) is 0 Å². The maximum Gasteiger partial charge on any atom is 0.220 e. The van der Waals surface area contributed by atoms with Crippen molar-refractivity contribution < 1.29 is 4.79 Å². The molecule has 2 unspecified atom stereocenters. The standard InChI is InChI=1S/C12H22N2O/c1-2-3-9-12(15)14-11-8-6-4-5-7-10(11)13/h2,10-11H,1,3-9,13H2,(H,14,15). The van der Waals surface area contributed by atoms with E-state index in [9.17, 15) is 4.79 Å². The smallest absolute Gasteiger partial charge is 0.220 e. The van der Waals surface area contributed by atoms with Gasteiger partial charge in [-0.25, -0.2) is 0 Å². The molecule has 2 atom stereocenters. The third-order valence-electron chi connectivity index (χ3n) is 2.99. The highest BCUT2D eigenvalue weighted by Gasteiger charge is 2.21. The van der Waals surface area contributed by atoms with Crippen molar-refractivity contribution in [3.63, 3.8) is 0 Å². The van der Waals surface area contributed by atoms with Gasteiger partial charge in [0.1, 0.15) is 0 Å². The monoisotopic (exact) mass is 210 g/mol. The molecule has 1 aliphatic carbocycles. The maximum atomic E-state index is 11.5. The molecule has 0 aromatic heterocycles. The fourth-order valence-corrected chi connectivity index (χ4v) is 2.03. The second kappa shape index (κ2) is 6.62. The molecule has 0 aliphatic heterocycles. The molecule has 3 nitrogen and oxygen atoms in total. The Morgan fingerprint density at radius 3 is 2.87 bits per heavy atom. The molecule has 1 aliphatic rings. The molecule has 1 fully saturated rings. The summed E-state index contributed by atoms with van der Waals surface area (Å²) in [7, 11) is 0. The fourth-order valence-electron chi connectivity index (χ4n) is 2.03. The van der Waals surface area contributed by atoms with Crippen LogP contribution in [-0.4, -0.2) is 18.0 Å². The Balaban J connectivity index is 2.33. The fraction of sp³-hybridized carbons (Fsp3) is 0.750. The van der Waals surface area contributed by atoms with Gasteiger partial charge in [-0.2, -0.15) is 0 Å². The lowest BCUT2D eigenvalue weighted by Crippen LogP contribution is -2.46. The van der Waals surface area contributed by atoms with Crippen LogP contribution in [0.4, 0.5) is 0 Å². The molecular weight excluding hydrogens is 188 g/mol. The number of carbonyl (C=O) groups is 1. The van der Waals surface area contributed by atoms with E-state index in [2.05, 4.69) is 11.9 Å². The quantitative estimate of drug-likeness (QED) is 0.548. The molecule has 0 aromatic carbocycles. The molecular formula is C12H22N2O. The molecule has 0 radical (unpaired) electrons. The van der Waals surface area contributed by atoms with E-state index in [-0.39, 0.29) is 18.0 Å². The van der Waals surface area contributed by atoms with Crippen molar-refractivity contribution in [3.05, 3.63) is 12.7 Å². The third kappa shape index (κ3) is 4.47. The molecule has 15 heavy (non-hydrogen) atoms. The normalized spacial score (nSPS) is 26.7. The molecule has 0 heterocycles. The number of allylic oxidation sites excluding steroid dienone is 1. The minimum Gasteiger partial charge on any atom is -0.352 e. The van der Waals surface area contributed by atoms with Gasteiger partial charge >= 0.3 is 0 Å². The van der Waals surface area contributed by atoms with E-state index in [1.165, 1.54) is 19.3 Å². The SMILES string of the molecule is C=CCCC(=O)NC1CCCCCC1N. The van der Waals surface area contributed by atoms with Gasteiger partial charge in [0.05, 0.1) is 0 Å². The van der Waals surface area contributed by atoms with Gasteiger partial charge in [0, 0.05) is 18.5 Å². The van der Waals surface area contributed by atoms with E-state index in [4.69, 9.17) is 5.73 Å². The van der Waals surface area contributed by atoms with Crippen molar-refractivity contribution in [3.8, 4) is 0 Å². The Morgan fingerprint density at radius 2 is 2.13 bits per heavy atom. The Hall–Kier alpha value is -0.830. The van der Waals surface area contributed by atoms with Crippen molar-refractivity contribution in [2.45, 2.75) is 57.0 Å². The van der Waals surface area contributed by atoms with Gasteiger partial charge in [-0.15, -0.1) is 6.58 Å². The highest BCUT2D eigenvalue weighted by molar-refractivity contribution is 5.76. The molecule has 86 valence electrons. The topological polar surface area (TPSA) is 55.1 Å². The lowest BCUT2D eigenvalue weighted by Gasteiger charge is -2.22. The Bertz CT molecular complexity index is 216. The summed E-state index contributed by atoms with van der Waals surface area (Å²) in [6.45, 7) is 3.60. The zero-order valence-corrected chi connectivity index (χ0v) is 9.37. The Kier molecular flexibility index (Phi) is 5.40. The van der Waals surface area contributed by atoms with Crippen LogP contribution < -0.4 is 11.1 Å². The van der Waals surface area contributed by atoms with Gasteiger partial charge in [-0.3, -0.25) is 4.79 Å². The molecule has 3 heteroatoms. The molecule has 0 bridgehead atoms. The van der Waals surface area contributed by atoms with E-state index >= 15 is 0 Å². The third-order valence-corrected chi connectivity index (χ3v) is 2.99.